The molecule has 0 bridgehead atoms. The summed E-state index contributed by atoms with van der Waals surface area (Å²) in [6.45, 7) is 0. The lowest BCUT2D eigenvalue weighted by Gasteiger charge is -2.12. The molecule has 0 atom stereocenters. The van der Waals surface area contributed by atoms with Crippen molar-refractivity contribution in [3.8, 4) is 51.0 Å². The van der Waals surface area contributed by atoms with Crippen LogP contribution < -0.4 is 0 Å². The van der Waals surface area contributed by atoms with Crippen LogP contribution in [0.4, 0.5) is 0 Å². The maximum absolute atomic E-state index is 5.36. The molecule has 0 unspecified atom stereocenters. The molecule has 4 aromatic heterocycles. The number of para-hydroxylation sites is 4. The third-order valence-electron chi connectivity index (χ3n) is 12.6. The minimum absolute atomic E-state index is 0.695. The fourth-order valence-corrected chi connectivity index (χ4v) is 9.96. The number of benzene rings is 9. The Labute approximate surface area is 363 Å². The Bertz CT molecular complexity index is 3820. The first-order valence-corrected chi connectivity index (χ1v) is 21.4. The number of hydrogen-bond donors (Lipinski definition) is 0. The molecule has 4 heterocycles. The van der Waals surface area contributed by atoms with Gasteiger partial charge in [-0.3, -0.25) is 0 Å². The molecule has 5 heteroatoms. The molecule has 13 aromatic rings. The summed E-state index contributed by atoms with van der Waals surface area (Å²) in [6, 6.07) is 80.2. The molecule has 0 amide bonds. The summed E-state index contributed by atoms with van der Waals surface area (Å²) >= 11 is 0. The molecule has 0 fully saturated rings. The second-order valence-corrected chi connectivity index (χ2v) is 16.2. The second-order valence-electron chi connectivity index (χ2n) is 16.2. The SMILES string of the molecule is c1ccc(-c2cc(-c3cccc4c3c3cc(-n5c6ccccc6c6ccc7c(c8ccccc8n7-c7ccccc7)c65)ccc3n4-c3ccccc3)nc(-c3ccccc3)n2)cc1. The highest BCUT2D eigenvalue weighted by Gasteiger charge is 2.23. The van der Waals surface area contributed by atoms with Crippen molar-refractivity contribution in [2.75, 3.05) is 0 Å². The highest BCUT2D eigenvalue weighted by molar-refractivity contribution is 6.26. The quantitative estimate of drug-likeness (QED) is 0.168. The van der Waals surface area contributed by atoms with Gasteiger partial charge in [0, 0.05) is 66.1 Å². The number of hydrogen-bond acceptors (Lipinski definition) is 2. The second kappa shape index (κ2) is 14.0. The Balaban J connectivity index is 1.14. The molecule has 0 spiro atoms. The zero-order valence-electron chi connectivity index (χ0n) is 34.1. The average Bonchev–Trinajstić information content (AvgIpc) is 4.00. The predicted molar refractivity (Wildman–Crippen MR) is 261 cm³/mol. The normalized spacial score (nSPS) is 11.8. The molecule has 0 saturated carbocycles. The first-order chi connectivity index (χ1) is 31.3. The number of aromatic nitrogens is 5. The van der Waals surface area contributed by atoms with Crippen LogP contribution in [0.3, 0.4) is 0 Å². The van der Waals surface area contributed by atoms with Crippen molar-refractivity contribution in [3.63, 3.8) is 0 Å². The summed E-state index contributed by atoms with van der Waals surface area (Å²) < 4.78 is 7.30. The first kappa shape index (κ1) is 35.2. The number of rotatable bonds is 6. The van der Waals surface area contributed by atoms with E-state index >= 15 is 0 Å². The van der Waals surface area contributed by atoms with E-state index in [0.717, 1.165) is 66.9 Å². The molecule has 13 rings (SSSR count). The van der Waals surface area contributed by atoms with Crippen molar-refractivity contribution in [2.45, 2.75) is 0 Å². The summed E-state index contributed by atoms with van der Waals surface area (Å²) in [5.74, 6) is 0.695. The van der Waals surface area contributed by atoms with Gasteiger partial charge in [-0.1, -0.05) is 152 Å². The summed E-state index contributed by atoms with van der Waals surface area (Å²) in [4.78, 5) is 10.5. The third kappa shape index (κ3) is 5.43. The standard InChI is InChI=1S/C58H37N5/c1-5-18-38(19-6-1)48-37-49(60-58(59-48)39-20-7-2-8-21-39)45-28-17-31-53-55(45)47-36-42(32-34-52(47)62(53)41-24-11-4-12-25-41)63-50-29-15-13-26-43(50)44-33-35-54-56(57(44)63)46-27-14-16-30-51(46)61(54)40-22-9-3-10-23-40/h1-37H. The van der Waals surface area contributed by atoms with Gasteiger partial charge < -0.3 is 13.7 Å². The molecule has 0 N–H and O–H groups in total. The van der Waals surface area contributed by atoms with Gasteiger partial charge in [0.1, 0.15) is 0 Å². The van der Waals surface area contributed by atoms with Crippen molar-refractivity contribution < 1.29 is 0 Å². The van der Waals surface area contributed by atoms with E-state index < -0.39 is 0 Å². The summed E-state index contributed by atoms with van der Waals surface area (Å²) in [6.07, 6.45) is 0. The fourth-order valence-electron chi connectivity index (χ4n) is 9.96. The molecule has 0 aliphatic carbocycles. The van der Waals surface area contributed by atoms with Crippen molar-refractivity contribution in [1.82, 2.24) is 23.7 Å². The van der Waals surface area contributed by atoms with E-state index in [9.17, 15) is 0 Å². The highest BCUT2D eigenvalue weighted by Crippen LogP contribution is 2.44. The zero-order chi connectivity index (χ0) is 41.4. The van der Waals surface area contributed by atoms with Crippen LogP contribution in [-0.2, 0) is 0 Å². The number of fused-ring (bicyclic) bond motifs is 10. The Morgan fingerprint density at radius 3 is 1.51 bits per heavy atom. The van der Waals surface area contributed by atoms with Crippen molar-refractivity contribution in [2.24, 2.45) is 0 Å². The Kier molecular flexibility index (Phi) is 7.84. The van der Waals surface area contributed by atoms with Crippen LogP contribution >= 0.6 is 0 Å². The van der Waals surface area contributed by atoms with Crippen LogP contribution in [0.5, 0.6) is 0 Å². The maximum atomic E-state index is 5.36. The highest BCUT2D eigenvalue weighted by atomic mass is 15.0. The lowest BCUT2D eigenvalue weighted by Crippen LogP contribution is -1.96. The van der Waals surface area contributed by atoms with E-state index in [2.05, 4.69) is 214 Å². The number of nitrogens with zero attached hydrogens (tertiary/aromatic N) is 5. The topological polar surface area (TPSA) is 40.6 Å². The molecule has 0 saturated heterocycles. The van der Waals surface area contributed by atoms with Gasteiger partial charge in [-0.05, 0) is 72.8 Å². The summed E-state index contributed by atoms with van der Waals surface area (Å²) in [5.41, 5.74) is 15.1. The fraction of sp³-hybridized carbons (Fsp3) is 0. The van der Waals surface area contributed by atoms with Gasteiger partial charge in [0.2, 0.25) is 0 Å². The molecule has 0 aliphatic heterocycles. The van der Waals surface area contributed by atoms with Crippen molar-refractivity contribution in [1.29, 1.82) is 0 Å². The lowest BCUT2D eigenvalue weighted by atomic mass is 10.0. The average molecular weight is 804 g/mol. The monoisotopic (exact) mass is 803 g/mol. The Hall–Kier alpha value is -8.54. The van der Waals surface area contributed by atoms with Crippen molar-refractivity contribution >= 4 is 65.4 Å². The zero-order valence-corrected chi connectivity index (χ0v) is 34.1. The summed E-state index contributed by atoms with van der Waals surface area (Å²) in [7, 11) is 0. The van der Waals surface area contributed by atoms with Crippen molar-refractivity contribution in [3.05, 3.63) is 224 Å². The van der Waals surface area contributed by atoms with Crippen LogP contribution in [0.2, 0.25) is 0 Å². The third-order valence-corrected chi connectivity index (χ3v) is 12.6. The van der Waals surface area contributed by atoms with Gasteiger partial charge in [0.05, 0.1) is 44.5 Å². The van der Waals surface area contributed by atoms with Gasteiger partial charge in [-0.25, -0.2) is 9.97 Å². The minimum Gasteiger partial charge on any atom is -0.309 e. The van der Waals surface area contributed by atoms with E-state index in [-0.39, 0.29) is 0 Å². The molecule has 63 heavy (non-hydrogen) atoms. The van der Waals surface area contributed by atoms with Gasteiger partial charge in [-0.2, -0.15) is 0 Å². The summed E-state index contributed by atoms with van der Waals surface area (Å²) in [5, 5.41) is 7.20. The molecule has 0 radical (unpaired) electrons. The first-order valence-electron chi connectivity index (χ1n) is 21.4. The molecular formula is C58H37N5. The molecule has 0 aliphatic rings. The van der Waals surface area contributed by atoms with Gasteiger partial charge >= 0.3 is 0 Å². The Morgan fingerprint density at radius 2 is 0.810 bits per heavy atom. The van der Waals surface area contributed by atoms with Gasteiger partial charge in [-0.15, -0.1) is 0 Å². The minimum atomic E-state index is 0.695. The van der Waals surface area contributed by atoms with Crippen LogP contribution in [-0.4, -0.2) is 23.7 Å². The molecule has 5 nitrogen and oxygen atoms in total. The molecule has 294 valence electrons. The smallest absolute Gasteiger partial charge is 0.160 e. The van der Waals surface area contributed by atoms with E-state index in [0.29, 0.717) is 5.82 Å². The van der Waals surface area contributed by atoms with Gasteiger partial charge in [0.25, 0.3) is 0 Å². The molecular weight excluding hydrogens is 767 g/mol. The van der Waals surface area contributed by atoms with Gasteiger partial charge in [0.15, 0.2) is 5.82 Å². The van der Waals surface area contributed by atoms with Crippen LogP contribution in [0.1, 0.15) is 0 Å². The van der Waals surface area contributed by atoms with E-state index in [1.54, 1.807) is 0 Å². The lowest BCUT2D eigenvalue weighted by molar-refractivity contribution is 1.16. The maximum Gasteiger partial charge on any atom is 0.160 e. The van der Waals surface area contributed by atoms with E-state index in [1.807, 2.05) is 24.3 Å². The Morgan fingerprint density at radius 1 is 0.286 bits per heavy atom. The predicted octanol–water partition coefficient (Wildman–Crippen LogP) is 14.8. The molecule has 9 aromatic carbocycles. The van der Waals surface area contributed by atoms with Crippen LogP contribution in [0, 0.1) is 0 Å². The van der Waals surface area contributed by atoms with E-state index in [1.165, 1.54) is 43.6 Å². The van der Waals surface area contributed by atoms with Crippen LogP contribution in [0.15, 0.2) is 224 Å². The van der Waals surface area contributed by atoms with E-state index in [4.69, 9.17) is 9.97 Å². The van der Waals surface area contributed by atoms with Crippen LogP contribution in [0.25, 0.3) is 116 Å². The largest absolute Gasteiger partial charge is 0.309 e.